The molecule has 1 aromatic carbocycles. The molecule has 1 saturated heterocycles. The van der Waals surface area contributed by atoms with Gasteiger partial charge in [0.2, 0.25) is 0 Å². The van der Waals surface area contributed by atoms with Gasteiger partial charge in [0.25, 0.3) is 5.91 Å². The van der Waals surface area contributed by atoms with Crippen molar-refractivity contribution >= 4 is 12.0 Å². The van der Waals surface area contributed by atoms with Crippen LogP contribution in [0.25, 0.3) is 0 Å². The number of carbonyl (C=O) groups is 2. The predicted octanol–water partition coefficient (Wildman–Crippen LogP) is 3.63. The summed E-state index contributed by atoms with van der Waals surface area (Å²) in [5.41, 5.74) is 2.24. The number of nitrogens with zero attached hydrogens (tertiary/aromatic N) is 5. The Morgan fingerprint density at radius 2 is 1.82 bits per heavy atom. The minimum absolute atomic E-state index is 0.116. The lowest BCUT2D eigenvalue weighted by Gasteiger charge is -2.34. The van der Waals surface area contributed by atoms with Crippen LogP contribution in [0.2, 0.25) is 0 Å². The molecule has 3 aromatic rings. The first-order valence-corrected chi connectivity index (χ1v) is 11.6. The van der Waals surface area contributed by atoms with Crippen LogP contribution in [0.1, 0.15) is 61.3 Å². The third-order valence-corrected chi connectivity index (χ3v) is 5.88. The van der Waals surface area contributed by atoms with Crippen molar-refractivity contribution in [1.29, 1.82) is 0 Å². The summed E-state index contributed by atoms with van der Waals surface area (Å²) in [6.07, 6.45) is 6.40. The molecule has 4 rings (SSSR count). The van der Waals surface area contributed by atoms with Crippen LogP contribution in [0.15, 0.2) is 55.2 Å². The van der Waals surface area contributed by atoms with E-state index in [0.29, 0.717) is 31.9 Å². The molecule has 0 bridgehead atoms. The van der Waals surface area contributed by atoms with Gasteiger partial charge >= 0.3 is 6.09 Å². The molecule has 9 nitrogen and oxygen atoms in total. The van der Waals surface area contributed by atoms with Crippen LogP contribution in [-0.4, -0.2) is 54.9 Å². The number of nitrogens with one attached hydrogen (secondary N) is 1. The second-order valence-corrected chi connectivity index (χ2v) is 9.54. The summed E-state index contributed by atoms with van der Waals surface area (Å²) >= 11 is 0. The van der Waals surface area contributed by atoms with E-state index < -0.39 is 5.60 Å². The van der Waals surface area contributed by atoms with Crippen LogP contribution in [0.4, 0.5) is 4.79 Å². The summed E-state index contributed by atoms with van der Waals surface area (Å²) in [7, 11) is 0. The molecule has 180 valence electrons. The summed E-state index contributed by atoms with van der Waals surface area (Å²) in [5, 5.41) is 7.23. The Balaban J connectivity index is 1.36. The highest BCUT2D eigenvalue weighted by Gasteiger charge is 2.28. The zero-order chi connectivity index (χ0) is 24.1. The molecule has 9 heteroatoms. The maximum absolute atomic E-state index is 13.1. The molecule has 3 heterocycles. The van der Waals surface area contributed by atoms with Crippen LogP contribution >= 0.6 is 0 Å². The molecule has 2 amide bonds. The monoisotopic (exact) mass is 464 g/mol. The van der Waals surface area contributed by atoms with Gasteiger partial charge in [-0.05, 0) is 56.9 Å². The summed E-state index contributed by atoms with van der Waals surface area (Å²) in [4.78, 5) is 31.1. The van der Waals surface area contributed by atoms with Gasteiger partial charge in [-0.3, -0.25) is 4.79 Å². The van der Waals surface area contributed by atoms with Crippen molar-refractivity contribution < 1.29 is 14.3 Å². The second-order valence-electron chi connectivity index (χ2n) is 9.54. The molecule has 0 unspecified atom stereocenters. The highest BCUT2D eigenvalue weighted by molar-refractivity contribution is 5.92. The van der Waals surface area contributed by atoms with Gasteiger partial charge in [-0.1, -0.05) is 24.3 Å². The number of amides is 2. The lowest BCUT2D eigenvalue weighted by molar-refractivity contribution is 0.0187. The van der Waals surface area contributed by atoms with Crippen molar-refractivity contribution in [3.8, 4) is 0 Å². The van der Waals surface area contributed by atoms with E-state index in [9.17, 15) is 9.59 Å². The minimum atomic E-state index is -0.506. The zero-order valence-corrected chi connectivity index (χ0v) is 20.0. The molecule has 0 radical (unpaired) electrons. The standard InChI is InChI=1S/C25H32N6O3/c1-25(2,3)34-24(33)29-13-10-21(11-14-29)31-12-6-9-22(31)23(32)27-15-19-7-4-5-8-20(19)16-30-18-26-17-28-30/h4-9,12,17-18,21H,10-11,13-16H2,1-3H3,(H,27,32). The molecule has 0 aliphatic carbocycles. The lowest BCUT2D eigenvalue weighted by atomic mass is 10.0. The molecule has 1 N–H and O–H groups in total. The minimum Gasteiger partial charge on any atom is -0.444 e. The predicted molar refractivity (Wildman–Crippen MR) is 127 cm³/mol. The van der Waals surface area contributed by atoms with Crippen LogP contribution < -0.4 is 5.32 Å². The van der Waals surface area contributed by atoms with Crippen molar-refractivity contribution in [2.24, 2.45) is 0 Å². The van der Waals surface area contributed by atoms with E-state index >= 15 is 0 Å². The first kappa shape index (κ1) is 23.5. The molecule has 0 atom stereocenters. The Labute approximate surface area is 199 Å². The van der Waals surface area contributed by atoms with Gasteiger partial charge in [0.05, 0.1) is 6.54 Å². The van der Waals surface area contributed by atoms with Gasteiger partial charge in [-0.2, -0.15) is 5.10 Å². The van der Waals surface area contributed by atoms with E-state index in [1.54, 1.807) is 15.9 Å². The summed E-state index contributed by atoms with van der Waals surface area (Å²) in [5.74, 6) is -0.116. The zero-order valence-electron chi connectivity index (χ0n) is 20.0. The van der Waals surface area contributed by atoms with Crippen molar-refractivity contribution in [3.05, 3.63) is 72.1 Å². The molecular weight excluding hydrogens is 432 g/mol. The smallest absolute Gasteiger partial charge is 0.410 e. The lowest BCUT2D eigenvalue weighted by Crippen LogP contribution is -2.42. The third-order valence-electron chi connectivity index (χ3n) is 5.88. The van der Waals surface area contributed by atoms with E-state index in [1.165, 1.54) is 6.33 Å². The molecule has 34 heavy (non-hydrogen) atoms. The van der Waals surface area contributed by atoms with Gasteiger partial charge in [-0.15, -0.1) is 0 Å². The number of likely N-dealkylation sites (tertiary alicyclic amines) is 1. The maximum Gasteiger partial charge on any atom is 0.410 e. The van der Waals surface area contributed by atoms with E-state index in [2.05, 4.69) is 15.4 Å². The van der Waals surface area contributed by atoms with Gasteiger partial charge < -0.3 is 19.5 Å². The fourth-order valence-electron chi connectivity index (χ4n) is 4.20. The number of hydrogen-bond acceptors (Lipinski definition) is 5. The van der Waals surface area contributed by atoms with Crippen LogP contribution in [0.5, 0.6) is 0 Å². The average Bonchev–Trinajstić information content (AvgIpc) is 3.49. The molecule has 1 fully saturated rings. The van der Waals surface area contributed by atoms with Crippen molar-refractivity contribution in [2.75, 3.05) is 13.1 Å². The van der Waals surface area contributed by atoms with Crippen LogP contribution in [-0.2, 0) is 17.8 Å². The number of carbonyl (C=O) groups excluding carboxylic acids is 2. The van der Waals surface area contributed by atoms with Gasteiger partial charge in [0, 0.05) is 31.9 Å². The molecule has 1 aliphatic rings. The van der Waals surface area contributed by atoms with E-state index in [-0.39, 0.29) is 18.0 Å². The van der Waals surface area contributed by atoms with E-state index in [4.69, 9.17) is 4.74 Å². The molecule has 1 aliphatic heterocycles. The first-order valence-electron chi connectivity index (χ1n) is 11.6. The number of piperidine rings is 1. The fourth-order valence-corrected chi connectivity index (χ4v) is 4.20. The van der Waals surface area contributed by atoms with E-state index in [0.717, 1.165) is 24.0 Å². The van der Waals surface area contributed by atoms with Crippen molar-refractivity contribution in [1.82, 2.24) is 29.5 Å². The second kappa shape index (κ2) is 10.1. The summed E-state index contributed by atoms with van der Waals surface area (Å²) in [6, 6.07) is 11.9. The van der Waals surface area contributed by atoms with Crippen molar-refractivity contribution in [2.45, 2.75) is 58.3 Å². The van der Waals surface area contributed by atoms with Gasteiger partial charge in [0.15, 0.2) is 0 Å². The van der Waals surface area contributed by atoms with Crippen molar-refractivity contribution in [3.63, 3.8) is 0 Å². The maximum atomic E-state index is 13.1. The number of hydrogen-bond donors (Lipinski definition) is 1. The van der Waals surface area contributed by atoms with Crippen LogP contribution in [0.3, 0.4) is 0 Å². The first-order chi connectivity index (χ1) is 16.3. The quantitative estimate of drug-likeness (QED) is 0.601. The highest BCUT2D eigenvalue weighted by Crippen LogP contribution is 2.26. The van der Waals surface area contributed by atoms with Gasteiger partial charge in [-0.25, -0.2) is 14.5 Å². The SMILES string of the molecule is CC(C)(C)OC(=O)N1CCC(n2cccc2C(=O)NCc2ccccc2Cn2cncn2)CC1. The Hall–Kier alpha value is -3.62. The Morgan fingerprint density at radius 1 is 1.09 bits per heavy atom. The largest absolute Gasteiger partial charge is 0.444 e. The van der Waals surface area contributed by atoms with Gasteiger partial charge in [0.1, 0.15) is 23.9 Å². The molecule has 0 spiro atoms. The summed E-state index contributed by atoms with van der Waals surface area (Å²) < 4.78 is 9.28. The van der Waals surface area contributed by atoms with E-state index in [1.807, 2.05) is 67.9 Å². The molecule has 2 aromatic heterocycles. The normalized spacial score (nSPS) is 14.7. The Morgan fingerprint density at radius 3 is 2.50 bits per heavy atom. The molecule has 0 saturated carbocycles. The fraction of sp³-hybridized carbons (Fsp3) is 0.440. The highest BCUT2D eigenvalue weighted by atomic mass is 16.6. The third kappa shape index (κ3) is 5.84. The molecular formula is C25H32N6O3. The Kier molecular flexibility index (Phi) is 7.00. The number of benzene rings is 1. The summed E-state index contributed by atoms with van der Waals surface area (Å²) in [6.45, 7) is 7.84. The average molecular weight is 465 g/mol. The topological polar surface area (TPSA) is 94.3 Å². The Bertz CT molecular complexity index is 1110. The van der Waals surface area contributed by atoms with Crippen LogP contribution in [0, 0.1) is 0 Å². The number of rotatable bonds is 6. The number of ether oxygens (including phenoxy) is 1. The number of aromatic nitrogens is 4.